The van der Waals surface area contributed by atoms with Crippen LogP contribution in [-0.2, 0) is 24.3 Å². The number of hydrogen-bond acceptors (Lipinski definition) is 6. The van der Waals surface area contributed by atoms with Gasteiger partial charge in [0.2, 0.25) is 0 Å². The first kappa shape index (κ1) is 18.4. The van der Waals surface area contributed by atoms with E-state index in [-0.39, 0.29) is 17.6 Å². The molecule has 0 aliphatic carbocycles. The van der Waals surface area contributed by atoms with Gasteiger partial charge in [0.05, 0.1) is 29.2 Å². The van der Waals surface area contributed by atoms with Gasteiger partial charge in [0.25, 0.3) is 15.9 Å². The van der Waals surface area contributed by atoms with Crippen LogP contribution in [0.25, 0.3) is 0 Å². The molecule has 1 aliphatic heterocycles. The highest BCUT2D eigenvalue weighted by Gasteiger charge is 2.23. The molecular formula is C16H20N2O5S. The molecule has 7 nitrogen and oxygen atoms in total. The standard InChI is InChI=1S/C16H20N2O5S/c1-12(23-11-14-4-2-3-9-22-14)16(19)18-24(20,21)15-7-5-13(10-17)6-8-15/h5-8,12,14H,2-4,9,11H2,1H3,(H,18,19)/t12-,14+/m1/s1. The van der Waals surface area contributed by atoms with Gasteiger partial charge in [-0.2, -0.15) is 5.26 Å². The minimum absolute atomic E-state index is 0.0517. The third kappa shape index (κ3) is 5.03. The monoisotopic (exact) mass is 352 g/mol. The fraction of sp³-hybridized carbons (Fsp3) is 0.500. The van der Waals surface area contributed by atoms with Crippen molar-refractivity contribution in [3.63, 3.8) is 0 Å². The lowest BCUT2D eigenvalue weighted by Crippen LogP contribution is -2.40. The van der Waals surface area contributed by atoms with E-state index >= 15 is 0 Å². The van der Waals surface area contributed by atoms with Gasteiger partial charge in [-0.1, -0.05) is 0 Å². The number of nitriles is 1. The molecule has 0 radical (unpaired) electrons. The number of ether oxygens (including phenoxy) is 2. The molecule has 1 amide bonds. The number of nitrogens with one attached hydrogen (secondary N) is 1. The Labute approximate surface area is 141 Å². The fourth-order valence-electron chi connectivity index (χ4n) is 2.25. The van der Waals surface area contributed by atoms with E-state index in [1.54, 1.807) is 0 Å². The Kier molecular flexibility index (Phi) is 6.31. The Bertz CT molecular complexity index is 703. The maximum atomic E-state index is 12.2. The van der Waals surface area contributed by atoms with E-state index in [0.717, 1.165) is 19.3 Å². The molecule has 0 spiro atoms. The minimum Gasteiger partial charge on any atom is -0.376 e. The number of hydrogen-bond donors (Lipinski definition) is 1. The summed E-state index contributed by atoms with van der Waals surface area (Å²) in [5, 5.41) is 8.72. The summed E-state index contributed by atoms with van der Waals surface area (Å²) in [6.07, 6.45) is 1.99. The van der Waals surface area contributed by atoms with Crippen molar-refractivity contribution in [3.8, 4) is 6.07 Å². The van der Waals surface area contributed by atoms with Gasteiger partial charge in [0.1, 0.15) is 6.10 Å². The highest BCUT2D eigenvalue weighted by molar-refractivity contribution is 7.90. The lowest BCUT2D eigenvalue weighted by Gasteiger charge is -2.23. The van der Waals surface area contributed by atoms with E-state index < -0.39 is 22.0 Å². The van der Waals surface area contributed by atoms with Gasteiger partial charge in [-0.3, -0.25) is 4.79 Å². The fourth-order valence-corrected chi connectivity index (χ4v) is 3.29. The molecule has 0 saturated carbocycles. The predicted octanol–water partition coefficient (Wildman–Crippen LogP) is 1.34. The van der Waals surface area contributed by atoms with Crippen molar-refractivity contribution in [1.29, 1.82) is 5.26 Å². The van der Waals surface area contributed by atoms with Crippen molar-refractivity contribution >= 4 is 15.9 Å². The van der Waals surface area contributed by atoms with Gasteiger partial charge >= 0.3 is 0 Å². The van der Waals surface area contributed by atoms with Gasteiger partial charge in [-0.05, 0) is 50.5 Å². The molecule has 1 saturated heterocycles. The summed E-state index contributed by atoms with van der Waals surface area (Å²) in [5.74, 6) is -0.741. The van der Waals surface area contributed by atoms with E-state index in [2.05, 4.69) is 0 Å². The van der Waals surface area contributed by atoms with Crippen LogP contribution in [0.4, 0.5) is 0 Å². The topological polar surface area (TPSA) is 105 Å². The minimum atomic E-state index is -3.99. The molecule has 1 fully saturated rings. The van der Waals surface area contributed by atoms with E-state index in [4.69, 9.17) is 14.7 Å². The second-order valence-corrected chi connectivity index (χ2v) is 7.25. The van der Waals surface area contributed by atoms with Crippen LogP contribution < -0.4 is 4.72 Å². The molecule has 2 atom stereocenters. The van der Waals surface area contributed by atoms with Crippen LogP contribution in [0, 0.1) is 11.3 Å². The van der Waals surface area contributed by atoms with Crippen molar-refractivity contribution in [1.82, 2.24) is 4.72 Å². The highest BCUT2D eigenvalue weighted by Crippen LogP contribution is 2.14. The Morgan fingerprint density at radius 2 is 2.12 bits per heavy atom. The van der Waals surface area contributed by atoms with Gasteiger partial charge < -0.3 is 9.47 Å². The first-order valence-corrected chi connectivity index (χ1v) is 9.21. The average Bonchev–Trinajstić information content (AvgIpc) is 2.60. The number of rotatable bonds is 6. The number of carbonyl (C=O) groups is 1. The average molecular weight is 352 g/mol. The summed E-state index contributed by atoms with van der Waals surface area (Å²) >= 11 is 0. The van der Waals surface area contributed by atoms with E-state index in [0.29, 0.717) is 12.2 Å². The first-order valence-electron chi connectivity index (χ1n) is 7.72. The van der Waals surface area contributed by atoms with E-state index in [9.17, 15) is 13.2 Å². The molecule has 0 bridgehead atoms. The van der Waals surface area contributed by atoms with Crippen LogP contribution in [0.1, 0.15) is 31.7 Å². The summed E-state index contributed by atoms with van der Waals surface area (Å²) in [6, 6.07) is 7.19. The largest absolute Gasteiger partial charge is 0.376 e. The van der Waals surface area contributed by atoms with Crippen molar-refractivity contribution in [3.05, 3.63) is 29.8 Å². The molecule has 1 N–H and O–H groups in total. The van der Waals surface area contributed by atoms with Crippen LogP contribution in [0.5, 0.6) is 0 Å². The molecule has 0 aromatic heterocycles. The number of nitrogens with zero attached hydrogens (tertiary/aromatic N) is 1. The molecule has 2 rings (SSSR count). The SMILES string of the molecule is C[C@@H](OC[C@@H]1CCCCO1)C(=O)NS(=O)(=O)c1ccc(C#N)cc1. The van der Waals surface area contributed by atoms with E-state index in [1.807, 2.05) is 10.8 Å². The summed E-state index contributed by atoms with van der Waals surface area (Å²) < 4.78 is 37.2. The Morgan fingerprint density at radius 1 is 1.42 bits per heavy atom. The Balaban J connectivity index is 1.90. The molecule has 1 aromatic carbocycles. The molecule has 1 aromatic rings. The normalized spacial score (nSPS) is 19.2. The summed E-state index contributed by atoms with van der Waals surface area (Å²) in [6.45, 7) is 2.43. The third-order valence-electron chi connectivity index (χ3n) is 3.70. The van der Waals surface area contributed by atoms with Crippen molar-refractivity contribution in [2.45, 2.75) is 43.3 Å². The molecule has 1 heterocycles. The predicted molar refractivity (Wildman–Crippen MR) is 85.5 cm³/mol. The molecule has 130 valence electrons. The van der Waals surface area contributed by atoms with Crippen LogP contribution in [0.2, 0.25) is 0 Å². The molecule has 0 unspecified atom stereocenters. The zero-order valence-electron chi connectivity index (χ0n) is 13.4. The molecule has 24 heavy (non-hydrogen) atoms. The van der Waals surface area contributed by atoms with Gasteiger partial charge in [0, 0.05) is 6.61 Å². The molecule has 1 aliphatic rings. The van der Waals surface area contributed by atoms with Gasteiger partial charge in [-0.15, -0.1) is 0 Å². The lowest BCUT2D eigenvalue weighted by molar-refractivity contribution is -0.133. The van der Waals surface area contributed by atoms with E-state index in [1.165, 1.54) is 31.2 Å². The zero-order chi connectivity index (χ0) is 17.6. The van der Waals surface area contributed by atoms with Gasteiger partial charge in [0.15, 0.2) is 0 Å². The second kappa shape index (κ2) is 8.24. The Morgan fingerprint density at radius 3 is 2.71 bits per heavy atom. The smallest absolute Gasteiger partial charge is 0.264 e. The number of amides is 1. The molecular weight excluding hydrogens is 332 g/mol. The summed E-state index contributed by atoms with van der Waals surface area (Å²) in [5.41, 5.74) is 0.337. The van der Waals surface area contributed by atoms with Gasteiger partial charge in [-0.25, -0.2) is 13.1 Å². The van der Waals surface area contributed by atoms with Crippen LogP contribution in [0.3, 0.4) is 0 Å². The maximum Gasteiger partial charge on any atom is 0.264 e. The van der Waals surface area contributed by atoms with Crippen molar-refractivity contribution in [2.75, 3.05) is 13.2 Å². The van der Waals surface area contributed by atoms with Crippen LogP contribution in [-0.4, -0.2) is 39.7 Å². The van der Waals surface area contributed by atoms with Crippen molar-refractivity contribution in [2.24, 2.45) is 0 Å². The Hall–Kier alpha value is -1.95. The quantitative estimate of drug-likeness (QED) is 0.828. The zero-order valence-corrected chi connectivity index (χ0v) is 14.2. The number of carbonyl (C=O) groups excluding carboxylic acids is 1. The summed E-state index contributed by atoms with van der Waals surface area (Å²) in [7, 11) is -3.99. The summed E-state index contributed by atoms with van der Waals surface area (Å²) in [4.78, 5) is 11.9. The number of sulfonamides is 1. The first-order chi connectivity index (χ1) is 11.4. The second-order valence-electron chi connectivity index (χ2n) is 5.57. The number of benzene rings is 1. The lowest BCUT2D eigenvalue weighted by atomic mass is 10.1. The van der Waals surface area contributed by atoms with Crippen molar-refractivity contribution < 1.29 is 22.7 Å². The third-order valence-corrected chi connectivity index (χ3v) is 5.07. The van der Waals surface area contributed by atoms with Crippen LogP contribution >= 0.6 is 0 Å². The highest BCUT2D eigenvalue weighted by atomic mass is 32.2. The molecule has 8 heteroatoms. The maximum absolute atomic E-state index is 12.2. The van der Waals surface area contributed by atoms with Crippen LogP contribution in [0.15, 0.2) is 29.2 Å².